The summed E-state index contributed by atoms with van der Waals surface area (Å²) < 4.78 is 0. The Hall–Kier alpha value is -1.47. The second-order valence-corrected chi connectivity index (χ2v) is 6.21. The topological polar surface area (TPSA) is 84.2 Å². The first-order valence-electron chi connectivity index (χ1n) is 6.46. The van der Waals surface area contributed by atoms with Crippen LogP contribution in [0.15, 0.2) is 6.20 Å². The molecule has 0 saturated carbocycles. The van der Waals surface area contributed by atoms with Gasteiger partial charge in [-0.25, -0.2) is 4.98 Å². The Kier molecular flexibility index (Phi) is 4.10. The summed E-state index contributed by atoms with van der Waals surface area (Å²) in [6, 6.07) is 0.124. The maximum Gasteiger partial charge on any atom is 0.329 e. The Labute approximate surface area is 122 Å². The molecule has 0 bridgehead atoms. The number of anilines is 1. The van der Waals surface area contributed by atoms with Gasteiger partial charge in [-0.05, 0) is 38.8 Å². The van der Waals surface area contributed by atoms with Crippen molar-refractivity contribution in [3.63, 3.8) is 0 Å². The van der Waals surface area contributed by atoms with E-state index in [0.29, 0.717) is 0 Å². The van der Waals surface area contributed by atoms with E-state index in [1.165, 1.54) is 0 Å². The Morgan fingerprint density at radius 3 is 2.80 bits per heavy atom. The van der Waals surface area contributed by atoms with Gasteiger partial charge in [-0.15, -0.1) is 0 Å². The van der Waals surface area contributed by atoms with Gasteiger partial charge in [0.1, 0.15) is 6.20 Å². The minimum atomic E-state index is -0.505. The summed E-state index contributed by atoms with van der Waals surface area (Å²) in [5.41, 5.74) is -0.0605. The van der Waals surface area contributed by atoms with E-state index in [0.717, 1.165) is 25.7 Å². The lowest BCUT2D eigenvalue weighted by molar-refractivity contribution is -0.384. The van der Waals surface area contributed by atoms with Gasteiger partial charge in [-0.3, -0.25) is 15.0 Å². The number of nitro groups is 1. The van der Waals surface area contributed by atoms with Crippen molar-refractivity contribution < 1.29 is 4.92 Å². The van der Waals surface area contributed by atoms with E-state index in [1.54, 1.807) is 0 Å². The summed E-state index contributed by atoms with van der Waals surface area (Å²) >= 11 is 5.71. The van der Waals surface area contributed by atoms with Crippen LogP contribution in [-0.2, 0) is 0 Å². The van der Waals surface area contributed by atoms with E-state index >= 15 is 0 Å². The number of nitrogens with zero attached hydrogens (tertiary/aromatic N) is 4. The summed E-state index contributed by atoms with van der Waals surface area (Å²) in [5, 5.41) is 14.1. The van der Waals surface area contributed by atoms with Crippen molar-refractivity contribution in [2.75, 3.05) is 18.4 Å². The van der Waals surface area contributed by atoms with E-state index in [1.807, 2.05) is 0 Å². The molecule has 8 heteroatoms. The molecule has 7 nitrogen and oxygen atoms in total. The van der Waals surface area contributed by atoms with Crippen molar-refractivity contribution in [3.8, 4) is 0 Å². The summed E-state index contributed by atoms with van der Waals surface area (Å²) in [5.74, 6) is 0.191. The standard InChI is InChI=1S/C12H18ClN5O2/c1-12(2,3)17-5-4-8(7-17)15-10-9(18(19)20)6-14-11(13)16-10/h6,8H,4-5,7H2,1-3H3,(H,14,15,16). The highest BCUT2D eigenvalue weighted by molar-refractivity contribution is 6.28. The lowest BCUT2D eigenvalue weighted by Gasteiger charge is -2.31. The normalized spacial score (nSPS) is 20.1. The quantitative estimate of drug-likeness (QED) is 0.524. The molecule has 1 atom stereocenters. The van der Waals surface area contributed by atoms with Crippen molar-refractivity contribution >= 4 is 23.1 Å². The lowest BCUT2D eigenvalue weighted by atomic mass is 10.1. The average molecular weight is 300 g/mol. The molecule has 0 radical (unpaired) electrons. The summed E-state index contributed by atoms with van der Waals surface area (Å²) in [7, 11) is 0. The van der Waals surface area contributed by atoms with Crippen LogP contribution in [-0.4, -0.2) is 44.5 Å². The molecule has 1 aliphatic rings. The number of aromatic nitrogens is 2. The molecule has 2 rings (SSSR count). The summed E-state index contributed by atoms with van der Waals surface area (Å²) in [4.78, 5) is 20.4. The van der Waals surface area contributed by atoms with Crippen molar-refractivity contribution in [2.45, 2.75) is 38.8 Å². The summed E-state index contributed by atoms with van der Waals surface area (Å²) in [6.07, 6.45) is 2.05. The van der Waals surface area contributed by atoms with Crippen LogP contribution >= 0.6 is 11.6 Å². The number of rotatable bonds is 3. The fourth-order valence-corrected chi connectivity index (χ4v) is 2.41. The van der Waals surface area contributed by atoms with Crippen LogP contribution in [0.25, 0.3) is 0 Å². The Morgan fingerprint density at radius 2 is 2.25 bits per heavy atom. The molecular formula is C12H18ClN5O2. The first-order chi connectivity index (χ1) is 9.27. The van der Waals surface area contributed by atoms with Crippen molar-refractivity contribution in [1.82, 2.24) is 14.9 Å². The fraction of sp³-hybridized carbons (Fsp3) is 0.667. The minimum Gasteiger partial charge on any atom is -0.360 e. The highest BCUT2D eigenvalue weighted by Gasteiger charge is 2.31. The van der Waals surface area contributed by atoms with E-state index in [-0.39, 0.29) is 28.4 Å². The maximum atomic E-state index is 11.0. The smallest absolute Gasteiger partial charge is 0.329 e. The number of nitrogens with one attached hydrogen (secondary N) is 1. The number of hydrogen-bond donors (Lipinski definition) is 1. The molecule has 1 aromatic heterocycles. The van der Waals surface area contributed by atoms with Gasteiger partial charge in [0.05, 0.1) is 4.92 Å². The lowest BCUT2D eigenvalue weighted by Crippen LogP contribution is -2.40. The highest BCUT2D eigenvalue weighted by Crippen LogP contribution is 2.26. The van der Waals surface area contributed by atoms with Gasteiger partial charge in [-0.1, -0.05) is 0 Å². The van der Waals surface area contributed by atoms with Crippen LogP contribution in [0.2, 0.25) is 5.28 Å². The molecule has 1 N–H and O–H groups in total. The van der Waals surface area contributed by atoms with E-state index in [2.05, 4.69) is 41.0 Å². The zero-order valence-electron chi connectivity index (χ0n) is 11.8. The van der Waals surface area contributed by atoms with Crippen molar-refractivity contribution in [3.05, 3.63) is 21.6 Å². The second-order valence-electron chi connectivity index (χ2n) is 5.88. The maximum absolute atomic E-state index is 11.0. The predicted molar refractivity (Wildman–Crippen MR) is 77.1 cm³/mol. The zero-order valence-corrected chi connectivity index (χ0v) is 12.5. The second kappa shape index (κ2) is 5.49. The molecule has 1 fully saturated rings. The first-order valence-corrected chi connectivity index (χ1v) is 6.83. The van der Waals surface area contributed by atoms with Crippen LogP contribution in [0.3, 0.4) is 0 Å². The number of hydrogen-bond acceptors (Lipinski definition) is 6. The van der Waals surface area contributed by atoms with Crippen LogP contribution in [0, 0.1) is 10.1 Å². The fourth-order valence-electron chi connectivity index (χ4n) is 2.27. The predicted octanol–water partition coefficient (Wildman–Crippen LogP) is 2.32. The molecule has 0 aliphatic carbocycles. The molecule has 110 valence electrons. The molecule has 0 aromatic carbocycles. The molecule has 1 aliphatic heterocycles. The number of halogens is 1. The third-order valence-corrected chi connectivity index (χ3v) is 3.60. The Bertz CT molecular complexity index is 517. The first kappa shape index (κ1) is 14.9. The van der Waals surface area contributed by atoms with Crippen LogP contribution in [0.5, 0.6) is 0 Å². The van der Waals surface area contributed by atoms with Crippen molar-refractivity contribution in [2.24, 2.45) is 0 Å². The minimum absolute atomic E-state index is 0.00349. The molecule has 1 saturated heterocycles. The van der Waals surface area contributed by atoms with Gasteiger partial charge in [0.25, 0.3) is 0 Å². The van der Waals surface area contributed by atoms with E-state index in [9.17, 15) is 10.1 Å². The molecule has 20 heavy (non-hydrogen) atoms. The largest absolute Gasteiger partial charge is 0.360 e. The van der Waals surface area contributed by atoms with E-state index in [4.69, 9.17) is 11.6 Å². The monoisotopic (exact) mass is 299 g/mol. The van der Waals surface area contributed by atoms with Crippen LogP contribution in [0.4, 0.5) is 11.5 Å². The SMILES string of the molecule is CC(C)(C)N1CCC(Nc2nc(Cl)ncc2[N+](=O)[O-])C1. The third kappa shape index (κ3) is 3.34. The van der Waals surface area contributed by atoms with Gasteiger partial charge in [0, 0.05) is 24.7 Å². The van der Waals surface area contributed by atoms with Gasteiger partial charge in [0.15, 0.2) is 0 Å². The Balaban J connectivity index is 2.12. The molecular weight excluding hydrogens is 282 g/mol. The van der Waals surface area contributed by atoms with Gasteiger partial charge < -0.3 is 5.32 Å². The molecule has 0 spiro atoms. The van der Waals surface area contributed by atoms with Crippen LogP contribution in [0.1, 0.15) is 27.2 Å². The molecule has 0 amide bonds. The van der Waals surface area contributed by atoms with Gasteiger partial charge in [-0.2, -0.15) is 4.98 Å². The third-order valence-electron chi connectivity index (χ3n) is 3.41. The zero-order chi connectivity index (χ0) is 14.9. The Morgan fingerprint density at radius 1 is 1.55 bits per heavy atom. The number of likely N-dealkylation sites (tertiary alicyclic amines) is 1. The van der Waals surface area contributed by atoms with E-state index < -0.39 is 4.92 Å². The molecule has 1 unspecified atom stereocenters. The average Bonchev–Trinajstić information content (AvgIpc) is 2.76. The van der Waals surface area contributed by atoms with Crippen LogP contribution < -0.4 is 5.32 Å². The van der Waals surface area contributed by atoms with Gasteiger partial charge in [0.2, 0.25) is 11.1 Å². The molecule has 2 heterocycles. The molecule has 1 aromatic rings. The van der Waals surface area contributed by atoms with Crippen molar-refractivity contribution in [1.29, 1.82) is 0 Å². The highest BCUT2D eigenvalue weighted by atomic mass is 35.5. The van der Waals surface area contributed by atoms with Gasteiger partial charge >= 0.3 is 5.69 Å². The summed E-state index contributed by atoms with van der Waals surface area (Å²) in [6.45, 7) is 8.23.